The highest BCUT2D eigenvalue weighted by molar-refractivity contribution is 7.14. The number of benzene rings is 6. The predicted molar refractivity (Wildman–Crippen MR) is 338 cm³/mol. The van der Waals surface area contributed by atoms with Gasteiger partial charge in [-0.2, -0.15) is 10.5 Å². The third kappa shape index (κ3) is 15.3. The minimum atomic E-state index is 0.0395. The lowest BCUT2D eigenvalue weighted by Gasteiger charge is -2.25. The van der Waals surface area contributed by atoms with Crippen molar-refractivity contribution in [1.82, 2.24) is 0 Å². The van der Waals surface area contributed by atoms with Crippen LogP contribution in [0.1, 0.15) is 107 Å². The molecule has 0 saturated carbocycles. The average Bonchev–Trinajstić information content (AvgIpc) is 4.11. The fourth-order valence-corrected chi connectivity index (χ4v) is 11.6. The number of ether oxygens (including phenoxy) is 1. The van der Waals surface area contributed by atoms with Gasteiger partial charge in [-0.1, -0.05) is 162 Å². The molecule has 0 radical (unpaired) electrons. The molecule has 9 rings (SSSR count). The second kappa shape index (κ2) is 28.6. The Bertz CT molecular complexity index is 3230. The Labute approximate surface area is 476 Å². The molecule has 0 saturated heterocycles. The molecule has 8 aromatic rings. The quantitative estimate of drug-likeness (QED) is 0.0446. The number of nitriles is 2. The number of para-hydroxylation sites is 4. The summed E-state index contributed by atoms with van der Waals surface area (Å²) in [6.45, 7) is 4.50. The summed E-state index contributed by atoms with van der Waals surface area (Å²) in [5.74, 6) is 1.12. The Morgan fingerprint density at radius 3 is 1.11 bits per heavy atom. The molecule has 0 spiro atoms. The molecule has 1 aliphatic heterocycles. The van der Waals surface area contributed by atoms with Crippen LogP contribution in [0.4, 0.5) is 34.1 Å². The van der Waals surface area contributed by atoms with Crippen LogP contribution < -0.4 is 9.80 Å². The Hall–Kier alpha value is -8.72. The molecular formula is C72H66N4OS2. The highest BCUT2D eigenvalue weighted by Gasteiger charge is 2.16. The lowest BCUT2D eigenvalue weighted by atomic mass is 10.0. The van der Waals surface area contributed by atoms with Gasteiger partial charge in [0.05, 0.1) is 0 Å². The van der Waals surface area contributed by atoms with E-state index in [-0.39, 0.29) is 5.57 Å². The van der Waals surface area contributed by atoms with Crippen LogP contribution in [0.2, 0.25) is 0 Å². The van der Waals surface area contributed by atoms with Crippen LogP contribution in [0.25, 0.3) is 36.5 Å². The van der Waals surface area contributed by atoms with Gasteiger partial charge in [-0.3, -0.25) is 0 Å². The normalized spacial score (nSPS) is 12.4. The molecule has 0 aliphatic carbocycles. The van der Waals surface area contributed by atoms with Crippen molar-refractivity contribution in [2.45, 2.75) is 78.1 Å². The maximum absolute atomic E-state index is 9.99. The Morgan fingerprint density at radius 2 is 0.772 bits per heavy atom. The third-order valence-corrected chi connectivity index (χ3v) is 15.9. The lowest BCUT2D eigenvalue weighted by Crippen LogP contribution is -2.09. The maximum atomic E-state index is 9.99. The first-order valence-electron chi connectivity index (χ1n) is 27.6. The molecule has 79 heavy (non-hydrogen) atoms. The lowest BCUT2D eigenvalue weighted by molar-refractivity contribution is 0.332. The smallest absolute Gasteiger partial charge is 0.137 e. The van der Waals surface area contributed by atoms with E-state index in [4.69, 9.17) is 4.74 Å². The molecule has 392 valence electrons. The molecule has 0 amide bonds. The number of rotatable bonds is 24. The number of hydrogen-bond donors (Lipinski definition) is 0. The van der Waals surface area contributed by atoms with Crippen molar-refractivity contribution in [2.24, 2.45) is 0 Å². The zero-order valence-electron chi connectivity index (χ0n) is 45.2. The molecule has 0 bridgehead atoms. The monoisotopic (exact) mass is 1070 g/mol. The molecule has 0 fully saturated rings. The topological polar surface area (TPSA) is 63.3 Å². The van der Waals surface area contributed by atoms with Gasteiger partial charge in [0.2, 0.25) is 0 Å². The van der Waals surface area contributed by atoms with Gasteiger partial charge in [0, 0.05) is 59.2 Å². The first-order chi connectivity index (χ1) is 39.0. The van der Waals surface area contributed by atoms with Gasteiger partial charge in [-0.15, -0.1) is 22.7 Å². The van der Waals surface area contributed by atoms with Gasteiger partial charge < -0.3 is 14.5 Å². The van der Waals surface area contributed by atoms with Gasteiger partial charge >= 0.3 is 0 Å². The number of anilines is 6. The minimum absolute atomic E-state index is 0.0395. The summed E-state index contributed by atoms with van der Waals surface area (Å²) in [6, 6.07) is 68.2. The standard InChI is InChI=1S/C72H66N4OS2/c1-3-5-7-13-23-57-51-69(78-71(57)47-37-55-33-39-65(40-34-55)75(61-25-15-9-16-26-61)62-27-17-10-18-28-62)45-43-67-49-59(60(53-73)54-74)50-68(77-67)44-46-70-52-58(24-14-8-6-4-2)72(79-70)48-38-56-35-41-66(42-36-56)76(63-29-19-11-20-30-63)64-31-21-12-22-32-64/h9-12,15-22,25-52H,3-8,13-14,23-24H2,1-2H3/b45-43+,46-44+,47-37+,48-38+. The fourth-order valence-electron chi connectivity index (χ4n) is 9.60. The molecule has 1 aliphatic rings. The van der Waals surface area contributed by atoms with Crippen molar-refractivity contribution in [2.75, 3.05) is 9.80 Å². The number of thiophene rings is 2. The predicted octanol–water partition coefficient (Wildman–Crippen LogP) is 21.2. The second-order valence-electron chi connectivity index (χ2n) is 19.5. The number of unbranched alkanes of at least 4 members (excludes halogenated alkanes) is 6. The molecule has 6 aromatic carbocycles. The fraction of sp³-hybridized carbons (Fsp3) is 0.167. The van der Waals surface area contributed by atoms with Crippen molar-refractivity contribution in [3.63, 3.8) is 0 Å². The van der Waals surface area contributed by atoms with Crippen LogP contribution in [-0.2, 0) is 17.6 Å². The van der Waals surface area contributed by atoms with E-state index >= 15 is 0 Å². The first kappa shape index (κ1) is 55.0. The van der Waals surface area contributed by atoms with Crippen molar-refractivity contribution < 1.29 is 4.74 Å². The summed E-state index contributed by atoms with van der Waals surface area (Å²) < 4.78 is 6.50. The van der Waals surface area contributed by atoms with Crippen molar-refractivity contribution in [3.8, 4) is 12.1 Å². The van der Waals surface area contributed by atoms with Crippen LogP contribution in [0.5, 0.6) is 0 Å². The molecule has 2 aromatic heterocycles. The van der Waals surface area contributed by atoms with Crippen LogP contribution in [0, 0.1) is 22.7 Å². The van der Waals surface area contributed by atoms with Crippen LogP contribution in [-0.4, -0.2) is 0 Å². The summed E-state index contributed by atoms with van der Waals surface area (Å²) in [7, 11) is 0. The molecule has 0 atom stereocenters. The summed E-state index contributed by atoms with van der Waals surface area (Å²) in [5, 5.41) is 20.0. The van der Waals surface area contributed by atoms with E-state index < -0.39 is 0 Å². The summed E-state index contributed by atoms with van der Waals surface area (Å²) in [6.07, 6.45) is 32.0. The van der Waals surface area contributed by atoms with Crippen LogP contribution >= 0.6 is 22.7 Å². The third-order valence-electron chi connectivity index (χ3n) is 13.7. The van der Waals surface area contributed by atoms with Crippen LogP contribution in [0.3, 0.4) is 0 Å². The van der Waals surface area contributed by atoms with E-state index in [0.717, 1.165) is 80.7 Å². The van der Waals surface area contributed by atoms with Gasteiger partial charge in [0.15, 0.2) is 0 Å². The highest BCUT2D eigenvalue weighted by Crippen LogP contribution is 2.37. The Morgan fingerprint density at radius 1 is 0.418 bits per heavy atom. The van der Waals surface area contributed by atoms with Gasteiger partial charge in [0.1, 0.15) is 29.2 Å². The average molecular weight is 1070 g/mol. The van der Waals surface area contributed by atoms with Crippen molar-refractivity contribution in [3.05, 3.63) is 271 Å². The zero-order valence-corrected chi connectivity index (χ0v) is 46.8. The number of aryl methyl sites for hydroxylation is 2. The van der Waals surface area contributed by atoms with E-state index in [2.05, 4.69) is 230 Å². The SMILES string of the molecule is CCCCCCc1cc(/C=C/C2=CC(=C(C#N)C#N)C=C(/C=C/c3cc(CCCCCC)c(/C=C/c4ccc(N(c5ccccc5)c5ccccc5)cc4)s3)O2)sc1/C=C/c1ccc(N(c2ccccc2)c2ccccc2)cc1. The molecule has 0 N–H and O–H groups in total. The highest BCUT2D eigenvalue weighted by atomic mass is 32.1. The number of nitrogens with zero attached hydrogens (tertiary/aromatic N) is 4. The minimum Gasteiger partial charge on any atom is -0.457 e. The molecular weight excluding hydrogens is 1000 g/mol. The zero-order chi connectivity index (χ0) is 54.4. The second-order valence-corrected chi connectivity index (χ2v) is 21.7. The summed E-state index contributed by atoms with van der Waals surface area (Å²) in [5.41, 5.74) is 12.1. The maximum Gasteiger partial charge on any atom is 0.137 e. The van der Waals surface area contributed by atoms with Gasteiger partial charge in [-0.25, -0.2) is 0 Å². The van der Waals surface area contributed by atoms with E-state index in [1.807, 2.05) is 36.4 Å². The van der Waals surface area contributed by atoms with Gasteiger partial charge in [0.25, 0.3) is 0 Å². The Kier molecular flexibility index (Phi) is 19.9. The first-order valence-corrected chi connectivity index (χ1v) is 29.3. The van der Waals surface area contributed by atoms with Crippen LogP contribution in [0.15, 0.2) is 229 Å². The van der Waals surface area contributed by atoms with E-state index in [1.165, 1.54) is 59.4 Å². The Balaban J connectivity index is 0.926. The molecule has 5 nitrogen and oxygen atoms in total. The molecule has 3 heterocycles. The van der Waals surface area contributed by atoms with E-state index in [9.17, 15) is 10.5 Å². The molecule has 0 unspecified atom stereocenters. The van der Waals surface area contributed by atoms with Crippen molar-refractivity contribution in [1.29, 1.82) is 10.5 Å². The summed E-state index contributed by atoms with van der Waals surface area (Å²) in [4.78, 5) is 9.23. The van der Waals surface area contributed by atoms with E-state index in [1.54, 1.807) is 34.8 Å². The van der Waals surface area contributed by atoms with Gasteiger partial charge in [-0.05, 0) is 181 Å². The van der Waals surface area contributed by atoms with E-state index in [0.29, 0.717) is 17.1 Å². The molecule has 7 heteroatoms. The number of hydrogen-bond acceptors (Lipinski definition) is 7. The number of allylic oxidation sites excluding steroid dienone is 6. The largest absolute Gasteiger partial charge is 0.457 e. The van der Waals surface area contributed by atoms with Crippen molar-refractivity contribution >= 4 is 93.3 Å². The summed E-state index contributed by atoms with van der Waals surface area (Å²) >= 11 is 3.51.